The topological polar surface area (TPSA) is 70.4 Å². The number of fused-ring (bicyclic) bond motifs is 1. The molecule has 0 aliphatic rings. The molecule has 190 valence electrons. The smallest absolute Gasteiger partial charge is 0.324 e. The van der Waals surface area contributed by atoms with Gasteiger partial charge in [-0.15, -0.1) is 0 Å². The van der Waals surface area contributed by atoms with Gasteiger partial charge in [-0.25, -0.2) is 4.39 Å². The summed E-state index contributed by atoms with van der Waals surface area (Å²) in [4.78, 5) is 22.7. The second kappa shape index (κ2) is 13.3. The number of rotatable bonds is 14. The summed E-state index contributed by atoms with van der Waals surface area (Å²) in [7, 11) is -3.92. The van der Waals surface area contributed by atoms with Crippen LogP contribution in [0.5, 0.6) is 0 Å². The highest BCUT2D eigenvalue weighted by Crippen LogP contribution is 2.36. The Morgan fingerprint density at radius 1 is 0.943 bits per heavy atom. The number of benzene rings is 2. The molecule has 1 heterocycles. The summed E-state index contributed by atoms with van der Waals surface area (Å²) in [5.74, 6) is 0.521. The molecule has 0 aliphatic heterocycles. The first-order valence-corrected chi connectivity index (χ1v) is 14.8. The standard InChI is InChI=1S/C29H39FNO3P/c1-3-5-10-22(4-2)13-14-23-15-16-25(21-28(23)30)26-18-17-24(29-27(26)12-9-19-31-29)11-7-6-8-20-35(32,33)34/h9,12,15-19,21-22H,3-8,10-11,13-14,20H2,1-2H3,(H2,32,33,34). The summed E-state index contributed by atoms with van der Waals surface area (Å²) < 4.78 is 26.1. The van der Waals surface area contributed by atoms with E-state index >= 15 is 4.39 Å². The van der Waals surface area contributed by atoms with Crippen molar-refractivity contribution in [2.45, 2.75) is 78.1 Å². The zero-order valence-electron chi connectivity index (χ0n) is 21.0. The van der Waals surface area contributed by atoms with Crippen LogP contribution in [0.1, 0.15) is 76.3 Å². The van der Waals surface area contributed by atoms with E-state index in [4.69, 9.17) is 9.79 Å². The Morgan fingerprint density at radius 3 is 2.46 bits per heavy atom. The molecule has 35 heavy (non-hydrogen) atoms. The SMILES string of the molecule is CCCCC(CC)CCc1ccc(-c2ccc(CCCCCP(=O)(O)O)c3ncccc23)cc1F. The maximum Gasteiger partial charge on any atom is 0.325 e. The fourth-order valence-electron chi connectivity index (χ4n) is 4.82. The van der Waals surface area contributed by atoms with Crippen molar-refractivity contribution in [3.63, 3.8) is 0 Å². The zero-order valence-corrected chi connectivity index (χ0v) is 21.9. The van der Waals surface area contributed by atoms with Crippen molar-refractivity contribution in [2.75, 3.05) is 6.16 Å². The summed E-state index contributed by atoms with van der Waals surface area (Å²) >= 11 is 0. The molecule has 0 saturated heterocycles. The normalized spacial score (nSPS) is 12.8. The van der Waals surface area contributed by atoms with Crippen LogP contribution in [0.3, 0.4) is 0 Å². The van der Waals surface area contributed by atoms with Crippen molar-refractivity contribution in [1.82, 2.24) is 4.98 Å². The minimum Gasteiger partial charge on any atom is -0.324 e. The summed E-state index contributed by atoms with van der Waals surface area (Å²) in [6.07, 6.45) is 11.2. The van der Waals surface area contributed by atoms with Gasteiger partial charge in [-0.3, -0.25) is 9.55 Å². The van der Waals surface area contributed by atoms with Crippen molar-refractivity contribution < 1.29 is 18.7 Å². The minimum absolute atomic E-state index is 0.0651. The molecule has 2 N–H and O–H groups in total. The number of hydrogen-bond acceptors (Lipinski definition) is 2. The van der Waals surface area contributed by atoms with E-state index in [0.29, 0.717) is 12.3 Å². The maximum atomic E-state index is 15.1. The molecule has 1 unspecified atom stereocenters. The van der Waals surface area contributed by atoms with E-state index in [9.17, 15) is 4.57 Å². The number of nitrogens with zero attached hydrogens (tertiary/aromatic N) is 1. The van der Waals surface area contributed by atoms with Crippen LogP contribution in [0, 0.1) is 11.7 Å². The van der Waals surface area contributed by atoms with Crippen molar-refractivity contribution in [3.05, 3.63) is 65.6 Å². The van der Waals surface area contributed by atoms with Crippen LogP contribution >= 0.6 is 7.60 Å². The lowest BCUT2D eigenvalue weighted by Crippen LogP contribution is -2.02. The maximum absolute atomic E-state index is 15.1. The van der Waals surface area contributed by atoms with Crippen LogP contribution in [0.4, 0.5) is 4.39 Å². The van der Waals surface area contributed by atoms with Gasteiger partial charge in [-0.2, -0.15) is 0 Å². The van der Waals surface area contributed by atoms with Crippen LogP contribution in [-0.4, -0.2) is 20.9 Å². The van der Waals surface area contributed by atoms with Gasteiger partial charge in [0.05, 0.1) is 5.52 Å². The Bertz CT molecular complexity index is 1140. The molecular formula is C29H39FNO3P. The van der Waals surface area contributed by atoms with E-state index in [0.717, 1.165) is 71.7 Å². The van der Waals surface area contributed by atoms with Gasteiger partial charge in [0.2, 0.25) is 0 Å². The third-order valence-corrected chi connectivity index (χ3v) is 7.88. The predicted molar refractivity (Wildman–Crippen MR) is 143 cm³/mol. The number of aryl methyl sites for hydroxylation is 2. The molecule has 0 aliphatic carbocycles. The molecule has 3 rings (SSSR count). The van der Waals surface area contributed by atoms with Crippen LogP contribution in [0.2, 0.25) is 0 Å². The van der Waals surface area contributed by atoms with E-state index in [1.807, 2.05) is 30.3 Å². The summed E-state index contributed by atoms with van der Waals surface area (Å²) in [6.45, 7) is 4.44. The van der Waals surface area contributed by atoms with E-state index < -0.39 is 7.60 Å². The molecule has 2 aromatic carbocycles. The third kappa shape index (κ3) is 8.24. The number of unbranched alkanes of at least 4 members (excludes halogenated alkanes) is 3. The average Bonchev–Trinajstić information content (AvgIpc) is 2.84. The number of hydrogen-bond donors (Lipinski definition) is 2. The van der Waals surface area contributed by atoms with Crippen molar-refractivity contribution >= 4 is 18.5 Å². The van der Waals surface area contributed by atoms with Gasteiger partial charge < -0.3 is 9.79 Å². The molecule has 6 heteroatoms. The second-order valence-corrected chi connectivity index (χ2v) is 11.4. The monoisotopic (exact) mass is 499 g/mol. The first-order valence-electron chi connectivity index (χ1n) is 13.0. The molecule has 0 spiro atoms. The van der Waals surface area contributed by atoms with Gasteiger partial charge >= 0.3 is 7.60 Å². The lowest BCUT2D eigenvalue weighted by atomic mass is 9.91. The number of halogens is 1. The van der Waals surface area contributed by atoms with Gasteiger partial charge in [-0.05, 0) is 72.4 Å². The highest BCUT2D eigenvalue weighted by molar-refractivity contribution is 7.51. The van der Waals surface area contributed by atoms with Crippen molar-refractivity contribution in [1.29, 1.82) is 0 Å². The molecule has 4 nitrogen and oxygen atoms in total. The van der Waals surface area contributed by atoms with Gasteiger partial charge in [0, 0.05) is 17.7 Å². The number of aromatic nitrogens is 1. The molecular weight excluding hydrogens is 460 g/mol. The predicted octanol–water partition coefficient (Wildman–Crippen LogP) is 8.08. The van der Waals surface area contributed by atoms with Crippen LogP contribution in [0.25, 0.3) is 22.0 Å². The highest BCUT2D eigenvalue weighted by Gasteiger charge is 2.14. The van der Waals surface area contributed by atoms with E-state index in [2.05, 4.69) is 24.9 Å². The fraction of sp³-hybridized carbons (Fsp3) is 0.483. The quantitative estimate of drug-likeness (QED) is 0.174. The summed E-state index contributed by atoms with van der Waals surface area (Å²) in [6, 6.07) is 13.7. The lowest BCUT2D eigenvalue weighted by molar-refractivity contribution is 0.371. The first kappa shape index (κ1) is 27.5. The van der Waals surface area contributed by atoms with Crippen LogP contribution < -0.4 is 0 Å². The van der Waals surface area contributed by atoms with Crippen LogP contribution in [0.15, 0.2) is 48.7 Å². The number of pyridine rings is 1. The molecule has 0 saturated carbocycles. The lowest BCUT2D eigenvalue weighted by Gasteiger charge is -2.15. The molecule has 1 atom stereocenters. The van der Waals surface area contributed by atoms with Crippen LogP contribution in [-0.2, 0) is 17.4 Å². The van der Waals surface area contributed by atoms with Gasteiger partial charge in [0.15, 0.2) is 0 Å². The third-order valence-electron chi connectivity index (χ3n) is 6.98. The first-order chi connectivity index (χ1) is 16.8. The van der Waals surface area contributed by atoms with E-state index in [1.54, 1.807) is 12.3 Å². The van der Waals surface area contributed by atoms with Crippen molar-refractivity contribution in [3.8, 4) is 11.1 Å². The largest absolute Gasteiger partial charge is 0.325 e. The zero-order chi connectivity index (χ0) is 25.3. The Balaban J connectivity index is 1.73. The molecule has 3 aromatic rings. The van der Waals surface area contributed by atoms with E-state index in [-0.39, 0.29) is 12.0 Å². The Labute approximate surface area is 209 Å². The summed E-state index contributed by atoms with van der Waals surface area (Å²) in [5.41, 5.74) is 4.63. The molecule has 0 bridgehead atoms. The molecule has 0 amide bonds. The van der Waals surface area contributed by atoms with Gasteiger partial charge in [-0.1, -0.05) is 76.3 Å². The summed E-state index contributed by atoms with van der Waals surface area (Å²) in [5, 5.41) is 0.998. The Kier molecular flexibility index (Phi) is 10.5. The van der Waals surface area contributed by atoms with Crippen molar-refractivity contribution in [2.24, 2.45) is 5.92 Å². The average molecular weight is 500 g/mol. The van der Waals surface area contributed by atoms with E-state index in [1.165, 1.54) is 19.3 Å². The highest BCUT2D eigenvalue weighted by atomic mass is 31.2. The Morgan fingerprint density at radius 2 is 1.74 bits per heavy atom. The van der Waals surface area contributed by atoms with Gasteiger partial charge in [0.25, 0.3) is 0 Å². The van der Waals surface area contributed by atoms with Gasteiger partial charge in [0.1, 0.15) is 5.82 Å². The second-order valence-electron chi connectivity index (χ2n) is 9.63. The Hall–Kier alpha value is -2.07. The fourth-order valence-corrected chi connectivity index (χ4v) is 5.45. The molecule has 1 aromatic heterocycles. The molecule has 0 fully saturated rings. The molecule has 0 radical (unpaired) electrons. The minimum atomic E-state index is -3.92.